The molecule has 1 aromatic heterocycles. The zero-order valence-corrected chi connectivity index (χ0v) is 13.2. The van der Waals surface area contributed by atoms with Gasteiger partial charge in [-0.2, -0.15) is 5.26 Å². The Balaban J connectivity index is 1.67. The fraction of sp³-hybridized carbons (Fsp3) is 0. The van der Waals surface area contributed by atoms with Crippen LogP contribution in [0.5, 0.6) is 0 Å². The van der Waals surface area contributed by atoms with Crippen molar-refractivity contribution < 1.29 is 13.6 Å². The van der Waals surface area contributed by atoms with E-state index in [4.69, 9.17) is 5.26 Å². The number of hydrogen-bond acceptors (Lipinski definition) is 5. The van der Waals surface area contributed by atoms with Crippen molar-refractivity contribution in [2.45, 2.75) is 0 Å². The van der Waals surface area contributed by atoms with Crippen molar-refractivity contribution in [3.8, 4) is 6.07 Å². The minimum atomic E-state index is -1.06. The first-order valence-electron chi connectivity index (χ1n) is 7.41. The van der Waals surface area contributed by atoms with E-state index in [1.54, 1.807) is 24.3 Å². The summed E-state index contributed by atoms with van der Waals surface area (Å²) in [5.41, 5.74) is 1.36. The number of aromatic nitrogens is 2. The van der Waals surface area contributed by atoms with Gasteiger partial charge in [-0.3, -0.25) is 4.79 Å². The zero-order chi connectivity index (χ0) is 18.5. The lowest BCUT2D eigenvalue weighted by Gasteiger charge is -2.07. The van der Waals surface area contributed by atoms with Gasteiger partial charge in [-0.15, -0.1) is 0 Å². The molecular weight excluding hydrogens is 340 g/mol. The van der Waals surface area contributed by atoms with E-state index < -0.39 is 17.5 Å². The van der Waals surface area contributed by atoms with Gasteiger partial charge < -0.3 is 10.6 Å². The van der Waals surface area contributed by atoms with Gasteiger partial charge in [0, 0.05) is 17.4 Å². The molecule has 0 aliphatic heterocycles. The van der Waals surface area contributed by atoms with E-state index in [1.807, 2.05) is 6.07 Å². The van der Waals surface area contributed by atoms with Crippen molar-refractivity contribution >= 4 is 23.1 Å². The quantitative estimate of drug-likeness (QED) is 0.749. The number of carbonyl (C=O) groups is 1. The second-order valence-electron chi connectivity index (χ2n) is 5.18. The van der Waals surface area contributed by atoms with Crippen LogP contribution >= 0.6 is 0 Å². The third kappa shape index (κ3) is 3.96. The van der Waals surface area contributed by atoms with E-state index in [1.165, 1.54) is 18.5 Å². The molecule has 1 amide bonds. The minimum Gasteiger partial charge on any atom is -0.339 e. The predicted octanol–water partition coefficient (Wildman–Crippen LogP) is 3.62. The Hall–Kier alpha value is -3.86. The van der Waals surface area contributed by atoms with Crippen LogP contribution in [0.3, 0.4) is 0 Å². The molecule has 0 atom stereocenters. The highest BCUT2D eigenvalue weighted by Gasteiger charge is 2.10. The highest BCUT2D eigenvalue weighted by molar-refractivity contribution is 6.02. The Morgan fingerprint density at radius 1 is 0.962 bits per heavy atom. The lowest BCUT2D eigenvalue weighted by Crippen LogP contribution is -2.14. The van der Waals surface area contributed by atoms with Crippen molar-refractivity contribution in [1.29, 1.82) is 5.26 Å². The Morgan fingerprint density at radius 2 is 1.69 bits per heavy atom. The van der Waals surface area contributed by atoms with Crippen LogP contribution in [0.1, 0.15) is 16.1 Å². The van der Waals surface area contributed by atoms with E-state index in [0.29, 0.717) is 17.1 Å². The Bertz CT molecular complexity index is 982. The molecule has 3 aromatic rings. The average molecular weight is 351 g/mol. The van der Waals surface area contributed by atoms with Crippen LogP contribution in [0.25, 0.3) is 0 Å². The van der Waals surface area contributed by atoms with Gasteiger partial charge in [0.2, 0.25) is 0 Å². The van der Waals surface area contributed by atoms with Crippen LogP contribution < -0.4 is 10.6 Å². The molecule has 0 saturated heterocycles. The summed E-state index contributed by atoms with van der Waals surface area (Å²) in [6, 6.07) is 11.8. The number of anilines is 3. The minimum absolute atomic E-state index is 0.0140. The molecule has 0 unspecified atom stereocenters. The summed E-state index contributed by atoms with van der Waals surface area (Å²) in [5, 5.41) is 14.2. The van der Waals surface area contributed by atoms with Crippen LogP contribution in [0.4, 0.5) is 26.0 Å². The molecule has 2 aromatic carbocycles. The third-order valence-corrected chi connectivity index (χ3v) is 3.35. The SMILES string of the molecule is N#Cc1ccc(Nc2cnc(C(=O)Nc3ccc(F)c(F)c3)cn2)cc1. The molecule has 0 fully saturated rings. The van der Waals surface area contributed by atoms with Crippen LogP contribution in [0.2, 0.25) is 0 Å². The maximum absolute atomic E-state index is 13.2. The first kappa shape index (κ1) is 17.0. The average Bonchev–Trinajstić information content (AvgIpc) is 2.66. The van der Waals surface area contributed by atoms with E-state index in [2.05, 4.69) is 20.6 Å². The molecule has 0 bridgehead atoms. The fourth-order valence-electron chi connectivity index (χ4n) is 2.05. The molecule has 3 rings (SSSR count). The topological polar surface area (TPSA) is 90.7 Å². The van der Waals surface area contributed by atoms with Gasteiger partial charge in [-0.25, -0.2) is 18.7 Å². The van der Waals surface area contributed by atoms with Gasteiger partial charge in [-0.05, 0) is 36.4 Å². The van der Waals surface area contributed by atoms with Gasteiger partial charge >= 0.3 is 0 Å². The number of hydrogen-bond donors (Lipinski definition) is 2. The summed E-state index contributed by atoms with van der Waals surface area (Å²) in [7, 11) is 0. The number of carbonyl (C=O) groups excluding carboxylic acids is 1. The Labute approximate surface area is 147 Å². The first-order valence-corrected chi connectivity index (χ1v) is 7.41. The summed E-state index contributed by atoms with van der Waals surface area (Å²) >= 11 is 0. The summed E-state index contributed by atoms with van der Waals surface area (Å²) in [6.07, 6.45) is 2.61. The van der Waals surface area contributed by atoms with E-state index in [-0.39, 0.29) is 11.4 Å². The van der Waals surface area contributed by atoms with Gasteiger partial charge in [0.25, 0.3) is 5.91 Å². The van der Waals surface area contributed by atoms with E-state index in [9.17, 15) is 13.6 Å². The molecule has 0 saturated carbocycles. The maximum Gasteiger partial charge on any atom is 0.275 e. The monoisotopic (exact) mass is 351 g/mol. The Kier molecular flexibility index (Phi) is 4.80. The van der Waals surface area contributed by atoms with Crippen molar-refractivity contribution in [3.63, 3.8) is 0 Å². The molecule has 6 nitrogen and oxygen atoms in total. The second kappa shape index (κ2) is 7.36. The molecule has 26 heavy (non-hydrogen) atoms. The molecule has 0 radical (unpaired) electrons. The van der Waals surface area contributed by atoms with Crippen molar-refractivity contribution in [2.24, 2.45) is 0 Å². The standard InChI is InChI=1S/C18H11F2N5O/c19-14-6-5-13(7-15(14)20)25-18(26)16-9-23-17(10-22-16)24-12-3-1-11(8-21)2-4-12/h1-7,9-10H,(H,23,24)(H,25,26). The molecular formula is C18H11F2N5O. The zero-order valence-electron chi connectivity index (χ0n) is 13.2. The highest BCUT2D eigenvalue weighted by atomic mass is 19.2. The van der Waals surface area contributed by atoms with Gasteiger partial charge in [-0.1, -0.05) is 0 Å². The van der Waals surface area contributed by atoms with Crippen molar-refractivity contribution in [3.05, 3.63) is 77.8 Å². The maximum atomic E-state index is 13.2. The predicted molar refractivity (Wildman–Crippen MR) is 90.8 cm³/mol. The molecule has 8 heteroatoms. The molecule has 2 N–H and O–H groups in total. The van der Waals surface area contributed by atoms with Crippen LogP contribution in [-0.2, 0) is 0 Å². The lowest BCUT2D eigenvalue weighted by molar-refractivity contribution is 0.102. The smallest absolute Gasteiger partial charge is 0.275 e. The van der Waals surface area contributed by atoms with E-state index >= 15 is 0 Å². The summed E-state index contributed by atoms with van der Waals surface area (Å²) in [5.74, 6) is -2.26. The fourth-order valence-corrected chi connectivity index (χ4v) is 2.05. The molecule has 0 spiro atoms. The first-order chi connectivity index (χ1) is 12.5. The summed E-state index contributed by atoms with van der Waals surface area (Å²) in [6.45, 7) is 0. The number of nitrogens with zero attached hydrogens (tertiary/aromatic N) is 3. The molecule has 0 aliphatic carbocycles. The third-order valence-electron chi connectivity index (χ3n) is 3.35. The number of rotatable bonds is 4. The van der Waals surface area contributed by atoms with Crippen LogP contribution in [-0.4, -0.2) is 15.9 Å². The van der Waals surface area contributed by atoms with Crippen molar-refractivity contribution in [1.82, 2.24) is 9.97 Å². The summed E-state index contributed by atoms with van der Waals surface area (Å²) < 4.78 is 26.1. The number of benzene rings is 2. The lowest BCUT2D eigenvalue weighted by atomic mass is 10.2. The molecule has 0 aliphatic rings. The van der Waals surface area contributed by atoms with Gasteiger partial charge in [0.1, 0.15) is 11.5 Å². The second-order valence-corrected chi connectivity index (χ2v) is 5.18. The molecule has 1 heterocycles. The van der Waals surface area contributed by atoms with Crippen LogP contribution in [0.15, 0.2) is 54.9 Å². The number of nitrogens with one attached hydrogen (secondary N) is 2. The molecule has 128 valence electrons. The highest BCUT2D eigenvalue weighted by Crippen LogP contribution is 2.16. The number of nitriles is 1. The largest absolute Gasteiger partial charge is 0.339 e. The Morgan fingerprint density at radius 3 is 2.31 bits per heavy atom. The summed E-state index contributed by atoms with van der Waals surface area (Å²) in [4.78, 5) is 20.1. The van der Waals surface area contributed by atoms with Crippen molar-refractivity contribution in [2.75, 3.05) is 10.6 Å². The van der Waals surface area contributed by atoms with E-state index in [0.717, 1.165) is 12.1 Å². The normalized spacial score (nSPS) is 10.0. The number of halogens is 2. The van der Waals surface area contributed by atoms with Gasteiger partial charge in [0.05, 0.1) is 24.0 Å². The van der Waals surface area contributed by atoms with Crippen LogP contribution in [0, 0.1) is 23.0 Å². The number of amides is 1. The van der Waals surface area contributed by atoms with Gasteiger partial charge in [0.15, 0.2) is 11.6 Å².